The van der Waals surface area contributed by atoms with Gasteiger partial charge in [-0.3, -0.25) is 0 Å². The molecule has 0 heterocycles. The van der Waals surface area contributed by atoms with Crippen molar-refractivity contribution in [1.82, 2.24) is 0 Å². The van der Waals surface area contributed by atoms with Gasteiger partial charge in [0.15, 0.2) is 0 Å². The molecule has 0 aromatic rings. The quantitative estimate of drug-likeness (QED) is 0.289. The van der Waals surface area contributed by atoms with Crippen molar-refractivity contribution in [3.63, 3.8) is 0 Å². The van der Waals surface area contributed by atoms with Crippen LogP contribution in [0.2, 0.25) is 0 Å². The molecule has 0 unspecified atom stereocenters. The fourth-order valence-electron chi connectivity index (χ4n) is 0. The van der Waals surface area contributed by atoms with E-state index in [1.54, 1.807) is 0 Å². The molecule has 0 aliphatic carbocycles. The molecule has 14 heavy (non-hydrogen) atoms. The van der Waals surface area contributed by atoms with Crippen molar-refractivity contribution in [2.24, 2.45) is 0 Å². The normalized spacial score (nSPS) is 5.14. The van der Waals surface area contributed by atoms with E-state index in [0.29, 0.717) is 0 Å². The Balaban J connectivity index is -0.0000000270. The van der Waals surface area contributed by atoms with Gasteiger partial charge in [0.25, 0.3) is 0 Å². The summed E-state index contributed by atoms with van der Waals surface area (Å²) >= 11 is 0. The van der Waals surface area contributed by atoms with Gasteiger partial charge < -0.3 is 46.0 Å². The van der Waals surface area contributed by atoms with Crippen LogP contribution in [0.1, 0.15) is 0 Å². The average molecular weight is 526 g/mol. The molecule has 0 N–H and O–H groups in total. The SMILES string of the molecule is O=[N+]([O-])[O-].O=[N+]([O-])[O-].O=[N+]([O-])[O-].[Er].[Yb+3]. The third-order valence-corrected chi connectivity index (χ3v) is 0. The number of hydrogen-bond donors (Lipinski definition) is 0. The van der Waals surface area contributed by atoms with Crippen molar-refractivity contribution in [2.75, 3.05) is 0 Å². The van der Waals surface area contributed by atoms with Crippen molar-refractivity contribution in [1.29, 1.82) is 0 Å². The van der Waals surface area contributed by atoms with E-state index >= 15 is 0 Å². The molecule has 12 nitrogen and oxygen atoms in total. The van der Waals surface area contributed by atoms with Crippen LogP contribution < -0.4 is 0 Å². The zero-order valence-corrected chi connectivity index (χ0v) is 9.14. The molecule has 0 fully saturated rings. The first kappa shape index (κ1) is 29.3. The number of rotatable bonds is 0. The standard InChI is InChI=1S/Er.3NO3.Yb/c;3*2-1(3)4;/q;3*-1;+3. The third-order valence-electron chi connectivity index (χ3n) is 0. The van der Waals surface area contributed by atoms with E-state index in [9.17, 15) is 0 Å². The van der Waals surface area contributed by atoms with Crippen molar-refractivity contribution in [2.45, 2.75) is 0 Å². The minimum absolute atomic E-state index is 0. The molecular weight excluding hydrogens is 526 g/mol. The zero-order chi connectivity index (χ0) is 10.7. The molecule has 0 aliphatic heterocycles. The van der Waals surface area contributed by atoms with Crippen molar-refractivity contribution in [3.05, 3.63) is 46.0 Å². The largest absolute Gasteiger partial charge is 3.00 e. The first-order valence-electron chi connectivity index (χ1n) is 1.64. The van der Waals surface area contributed by atoms with E-state index in [4.69, 9.17) is 46.0 Å². The van der Waals surface area contributed by atoms with Crippen molar-refractivity contribution >= 4 is 0 Å². The van der Waals surface area contributed by atoms with E-state index in [1.807, 2.05) is 0 Å². The van der Waals surface area contributed by atoms with E-state index in [0.717, 1.165) is 0 Å². The van der Waals surface area contributed by atoms with Crippen LogP contribution in [0.5, 0.6) is 0 Å². The Bertz CT molecular complexity index is 118. The van der Waals surface area contributed by atoms with Gasteiger partial charge in [0, 0.05) is 37.3 Å². The maximum Gasteiger partial charge on any atom is 3.00 e. The summed E-state index contributed by atoms with van der Waals surface area (Å²) < 4.78 is 0. The summed E-state index contributed by atoms with van der Waals surface area (Å²) in [6.45, 7) is 0. The number of hydrogen-bond acceptors (Lipinski definition) is 9. The van der Waals surface area contributed by atoms with Gasteiger partial charge in [-0.1, -0.05) is 0 Å². The van der Waals surface area contributed by atoms with E-state index in [2.05, 4.69) is 0 Å². The van der Waals surface area contributed by atoms with Crippen LogP contribution in [-0.4, -0.2) is 15.3 Å². The van der Waals surface area contributed by atoms with E-state index in [1.165, 1.54) is 0 Å². The fourth-order valence-corrected chi connectivity index (χ4v) is 0. The summed E-state index contributed by atoms with van der Waals surface area (Å²) in [5.41, 5.74) is 0. The van der Waals surface area contributed by atoms with Gasteiger partial charge in [-0.05, 0) is 0 Å². The maximum atomic E-state index is 8.25. The molecule has 95 valence electrons. The summed E-state index contributed by atoms with van der Waals surface area (Å²) in [5.74, 6) is 0. The molecular formula is ErN3O9Yb. The van der Waals surface area contributed by atoms with Gasteiger partial charge in [0.2, 0.25) is 0 Å². The topological polar surface area (TPSA) is 199 Å². The Hall–Kier alpha value is 0.366. The predicted molar refractivity (Wildman–Crippen MR) is 31.1 cm³/mol. The van der Waals surface area contributed by atoms with Gasteiger partial charge in [-0.15, -0.1) is 0 Å². The first-order chi connectivity index (χ1) is 5.20. The molecule has 0 saturated carbocycles. The molecule has 0 spiro atoms. The molecule has 1 radical (unpaired) electrons. The Kier molecular flexibility index (Phi) is 48.7. The van der Waals surface area contributed by atoms with Crippen LogP contribution in [0.4, 0.5) is 0 Å². The minimum Gasteiger partial charge on any atom is -0.356 e. The van der Waals surface area contributed by atoms with Crippen LogP contribution in [0, 0.1) is 130 Å². The van der Waals surface area contributed by atoms with Crippen molar-refractivity contribution < 1.29 is 99.5 Å². The average Bonchev–Trinajstić information content (AvgIpc) is 1.54. The number of nitrogens with zero attached hydrogens (tertiary/aromatic N) is 3. The zero-order valence-electron chi connectivity index (χ0n) is 5.57. The summed E-state index contributed by atoms with van der Waals surface area (Å²) in [7, 11) is 0. The smallest absolute Gasteiger partial charge is 0.356 e. The third kappa shape index (κ3) is 11900. The molecule has 0 saturated heterocycles. The van der Waals surface area contributed by atoms with Crippen LogP contribution in [0.3, 0.4) is 0 Å². The summed E-state index contributed by atoms with van der Waals surface area (Å²) in [6.07, 6.45) is 0. The Morgan fingerprint density at radius 2 is 0.571 bits per heavy atom. The Morgan fingerprint density at radius 3 is 0.571 bits per heavy atom. The van der Waals surface area contributed by atoms with Crippen LogP contribution >= 0.6 is 0 Å². The molecule has 14 heteroatoms. The molecule has 0 aromatic carbocycles. The van der Waals surface area contributed by atoms with E-state index in [-0.39, 0.29) is 84.2 Å². The second-order valence-electron chi connectivity index (χ2n) is 0.671. The summed E-state index contributed by atoms with van der Waals surface area (Å²) in [6, 6.07) is 0. The predicted octanol–water partition coefficient (Wildman–Crippen LogP) is -0.717. The minimum atomic E-state index is -1.75. The molecule has 0 rings (SSSR count). The summed E-state index contributed by atoms with van der Waals surface area (Å²) in [5, 5.41) is 44.2. The second-order valence-corrected chi connectivity index (χ2v) is 0.671. The van der Waals surface area contributed by atoms with Crippen LogP contribution in [0.25, 0.3) is 0 Å². The molecule has 0 aromatic heterocycles. The monoisotopic (exact) mass is 526 g/mol. The Labute approximate surface area is 143 Å². The second kappa shape index (κ2) is 23.3. The molecule has 0 atom stereocenters. The van der Waals surface area contributed by atoms with Gasteiger partial charge in [-0.25, -0.2) is 0 Å². The Morgan fingerprint density at radius 1 is 0.571 bits per heavy atom. The van der Waals surface area contributed by atoms with Gasteiger partial charge >= 0.3 is 46.9 Å². The summed E-state index contributed by atoms with van der Waals surface area (Å²) in [4.78, 5) is 24.8. The molecule has 0 aliphatic rings. The van der Waals surface area contributed by atoms with Crippen LogP contribution in [0.15, 0.2) is 0 Å². The first-order valence-corrected chi connectivity index (χ1v) is 1.64. The fraction of sp³-hybridized carbons (Fsp3) is 0. The molecule has 0 bridgehead atoms. The van der Waals surface area contributed by atoms with Gasteiger partial charge in [0.1, 0.15) is 0 Å². The maximum absolute atomic E-state index is 8.25. The van der Waals surface area contributed by atoms with Gasteiger partial charge in [0.05, 0.1) is 15.3 Å². The van der Waals surface area contributed by atoms with Gasteiger partial charge in [-0.2, -0.15) is 0 Å². The van der Waals surface area contributed by atoms with E-state index < -0.39 is 15.3 Å². The van der Waals surface area contributed by atoms with Crippen molar-refractivity contribution in [3.8, 4) is 0 Å². The van der Waals surface area contributed by atoms with Crippen LogP contribution in [-0.2, 0) is 0 Å². The molecule has 0 amide bonds.